The minimum Gasteiger partial charge on any atom is -0.493 e. The molecule has 0 fully saturated rings. The SMILES string of the molecule is COc1cnc(NC2=C(\C)C=C=C(N(C)CCN(C)C)C/C(N)=C\2)nc1-c1cn2c3c(cccc13)CCC2. The maximum atomic E-state index is 6.47. The van der Waals surface area contributed by atoms with Gasteiger partial charge < -0.3 is 30.2 Å². The number of ether oxygens (including phenoxy) is 1. The number of anilines is 1. The Balaban J connectivity index is 1.49. The molecule has 2 aromatic heterocycles. The maximum absolute atomic E-state index is 6.47. The van der Waals surface area contributed by atoms with Crippen molar-refractivity contribution in [2.45, 2.75) is 32.7 Å². The first kappa shape index (κ1) is 25.6. The lowest BCUT2D eigenvalue weighted by Gasteiger charge is -2.24. The van der Waals surface area contributed by atoms with Crippen molar-refractivity contribution in [2.24, 2.45) is 5.73 Å². The van der Waals surface area contributed by atoms with Crippen LogP contribution in [0.5, 0.6) is 5.75 Å². The summed E-state index contributed by atoms with van der Waals surface area (Å²) in [5, 5.41) is 4.59. The molecule has 0 bridgehead atoms. The largest absolute Gasteiger partial charge is 0.493 e. The number of hydrogen-bond donors (Lipinski definition) is 2. The summed E-state index contributed by atoms with van der Waals surface area (Å²) < 4.78 is 8.03. The standard InChI is InChI=1S/C30H37N7O/c1-20-11-12-23(36(4)15-14-35(2)3)16-22(31)17-26(20)33-30-32-18-27(38-5)28(34-30)25-19-37-13-7-9-21-8-6-10-24(25)29(21)37/h6,8,10-11,17-19H,7,9,13-16,31H2,1-5H3,(H,32,33,34)/b22-17+,26-20+. The fourth-order valence-electron chi connectivity index (χ4n) is 5.07. The number of benzene rings is 1. The number of rotatable bonds is 8. The first-order valence-electron chi connectivity index (χ1n) is 13.1. The lowest BCUT2D eigenvalue weighted by Crippen LogP contribution is -2.28. The van der Waals surface area contributed by atoms with Crippen molar-refractivity contribution in [1.29, 1.82) is 0 Å². The minimum atomic E-state index is 0.493. The predicted octanol–water partition coefficient (Wildman–Crippen LogP) is 4.52. The summed E-state index contributed by atoms with van der Waals surface area (Å²) in [6.45, 7) is 4.92. The second-order valence-electron chi connectivity index (χ2n) is 10.3. The summed E-state index contributed by atoms with van der Waals surface area (Å²) >= 11 is 0. The zero-order valence-electron chi connectivity index (χ0n) is 23.0. The van der Waals surface area contributed by atoms with Crippen LogP contribution in [-0.2, 0) is 13.0 Å². The Hall–Kier alpha value is -4.00. The highest BCUT2D eigenvalue weighted by atomic mass is 16.5. The van der Waals surface area contributed by atoms with E-state index in [0.29, 0.717) is 18.1 Å². The minimum absolute atomic E-state index is 0.493. The number of allylic oxidation sites excluding steroid dienone is 2. The molecule has 3 heterocycles. The van der Waals surface area contributed by atoms with Crippen LogP contribution in [0.15, 0.2) is 71.1 Å². The fraction of sp³-hybridized carbons (Fsp3) is 0.367. The maximum Gasteiger partial charge on any atom is 0.227 e. The molecule has 0 saturated carbocycles. The number of hydrogen-bond acceptors (Lipinski definition) is 7. The number of nitrogens with one attached hydrogen (secondary N) is 1. The first-order valence-corrected chi connectivity index (χ1v) is 13.1. The van der Waals surface area contributed by atoms with E-state index in [4.69, 9.17) is 15.5 Å². The van der Waals surface area contributed by atoms with Crippen molar-refractivity contribution in [3.63, 3.8) is 0 Å². The van der Waals surface area contributed by atoms with Crippen molar-refractivity contribution in [1.82, 2.24) is 24.3 Å². The molecule has 1 aromatic carbocycles. The summed E-state index contributed by atoms with van der Waals surface area (Å²) in [6.07, 6.45) is 10.8. The average molecular weight is 512 g/mol. The van der Waals surface area contributed by atoms with Crippen LogP contribution in [0.1, 0.15) is 25.3 Å². The molecule has 198 valence electrons. The van der Waals surface area contributed by atoms with Crippen LogP contribution in [0.4, 0.5) is 5.95 Å². The van der Waals surface area contributed by atoms with Crippen LogP contribution in [0.2, 0.25) is 0 Å². The zero-order chi connectivity index (χ0) is 26.8. The first-order chi connectivity index (χ1) is 18.3. The number of nitrogens with two attached hydrogens (primary N) is 1. The van der Waals surface area contributed by atoms with Crippen LogP contribution in [-0.4, -0.2) is 65.7 Å². The molecule has 38 heavy (non-hydrogen) atoms. The molecule has 0 saturated heterocycles. The van der Waals surface area contributed by atoms with E-state index >= 15 is 0 Å². The van der Waals surface area contributed by atoms with Crippen molar-refractivity contribution < 1.29 is 4.74 Å². The Morgan fingerprint density at radius 3 is 2.84 bits per heavy atom. The zero-order valence-corrected chi connectivity index (χ0v) is 23.0. The van der Waals surface area contributed by atoms with Gasteiger partial charge in [-0.25, -0.2) is 9.97 Å². The van der Waals surface area contributed by atoms with Gasteiger partial charge in [0.25, 0.3) is 0 Å². The van der Waals surface area contributed by atoms with Crippen LogP contribution < -0.4 is 15.8 Å². The van der Waals surface area contributed by atoms with Crippen molar-refractivity contribution >= 4 is 16.9 Å². The topological polar surface area (TPSA) is 84.5 Å². The van der Waals surface area contributed by atoms with E-state index < -0.39 is 0 Å². The molecule has 8 heteroatoms. The van der Waals surface area contributed by atoms with Gasteiger partial charge in [0.05, 0.1) is 24.5 Å². The van der Waals surface area contributed by atoms with Crippen LogP contribution in [0, 0.1) is 0 Å². The number of aromatic nitrogens is 3. The lowest BCUT2D eigenvalue weighted by molar-refractivity contribution is 0.322. The van der Waals surface area contributed by atoms with Crippen LogP contribution in [0.25, 0.3) is 22.2 Å². The van der Waals surface area contributed by atoms with Gasteiger partial charge in [0.15, 0.2) is 5.75 Å². The highest BCUT2D eigenvalue weighted by molar-refractivity contribution is 5.98. The lowest BCUT2D eigenvalue weighted by atomic mass is 10.0. The van der Waals surface area contributed by atoms with Gasteiger partial charge in [0.2, 0.25) is 5.95 Å². The van der Waals surface area contributed by atoms with Crippen molar-refractivity contribution in [2.75, 3.05) is 46.7 Å². The molecule has 0 spiro atoms. The quantitative estimate of drug-likeness (QED) is 0.430. The highest BCUT2D eigenvalue weighted by Crippen LogP contribution is 2.38. The smallest absolute Gasteiger partial charge is 0.227 e. The van der Waals surface area contributed by atoms with E-state index in [1.54, 1.807) is 13.3 Å². The molecule has 1 aliphatic carbocycles. The molecular formula is C30H37N7O. The Morgan fingerprint density at radius 1 is 1.21 bits per heavy atom. The summed E-state index contributed by atoms with van der Waals surface area (Å²) in [5.41, 5.74) is 18.1. The predicted molar refractivity (Wildman–Crippen MR) is 154 cm³/mol. The van der Waals surface area contributed by atoms with Crippen molar-refractivity contribution in [3.8, 4) is 17.0 Å². The van der Waals surface area contributed by atoms with E-state index in [-0.39, 0.29) is 0 Å². The van der Waals surface area contributed by atoms with Gasteiger partial charge in [-0.05, 0) is 57.1 Å². The summed E-state index contributed by atoms with van der Waals surface area (Å²) in [4.78, 5) is 13.9. The van der Waals surface area contributed by atoms with E-state index in [1.165, 1.54) is 16.5 Å². The van der Waals surface area contributed by atoms with E-state index in [1.807, 2.05) is 19.1 Å². The molecule has 1 aliphatic heterocycles. The molecule has 0 atom stereocenters. The van der Waals surface area contributed by atoms with E-state index in [2.05, 4.69) is 75.9 Å². The van der Waals surface area contributed by atoms with Crippen molar-refractivity contribution in [3.05, 3.63) is 76.7 Å². The number of para-hydroxylation sites is 1. The van der Waals surface area contributed by atoms with Gasteiger partial charge in [-0.1, -0.05) is 23.9 Å². The van der Waals surface area contributed by atoms with Gasteiger partial charge in [-0.15, -0.1) is 0 Å². The monoisotopic (exact) mass is 511 g/mol. The van der Waals surface area contributed by atoms with Crippen LogP contribution >= 0.6 is 0 Å². The second kappa shape index (κ2) is 10.8. The number of nitrogens with zero attached hydrogens (tertiary/aromatic N) is 5. The molecule has 8 nitrogen and oxygen atoms in total. The number of aryl methyl sites for hydroxylation is 2. The molecular weight excluding hydrogens is 474 g/mol. The number of likely N-dealkylation sites (N-methyl/N-ethyl adjacent to an activating group) is 2. The van der Waals surface area contributed by atoms with Gasteiger partial charge in [-0.3, -0.25) is 0 Å². The summed E-state index contributed by atoms with van der Waals surface area (Å²) in [5.74, 6) is 1.14. The van der Waals surface area contributed by atoms with Gasteiger partial charge in [-0.2, -0.15) is 0 Å². The van der Waals surface area contributed by atoms with E-state index in [9.17, 15) is 0 Å². The molecule has 5 rings (SSSR count). The van der Waals surface area contributed by atoms with Gasteiger partial charge in [0, 0.05) is 61.6 Å². The summed E-state index contributed by atoms with van der Waals surface area (Å²) in [7, 11) is 7.90. The highest BCUT2D eigenvalue weighted by Gasteiger charge is 2.21. The van der Waals surface area contributed by atoms with Crippen LogP contribution in [0.3, 0.4) is 0 Å². The third kappa shape index (κ3) is 5.19. The Morgan fingerprint density at radius 2 is 2.05 bits per heavy atom. The Labute approximate surface area is 224 Å². The van der Waals surface area contributed by atoms with E-state index in [0.717, 1.165) is 66.4 Å². The molecule has 2 aliphatic rings. The molecule has 0 unspecified atom stereocenters. The fourth-order valence-corrected chi connectivity index (χ4v) is 5.07. The van der Waals surface area contributed by atoms with Gasteiger partial charge >= 0.3 is 0 Å². The molecule has 3 N–H and O–H groups in total. The Bertz CT molecular complexity index is 1490. The van der Waals surface area contributed by atoms with Gasteiger partial charge in [0.1, 0.15) is 5.69 Å². The number of methoxy groups -OCH3 is 1. The molecule has 0 amide bonds. The average Bonchev–Trinajstić information content (AvgIpc) is 3.28. The summed E-state index contributed by atoms with van der Waals surface area (Å²) in [6, 6.07) is 6.52. The molecule has 0 radical (unpaired) electrons. The second-order valence-corrected chi connectivity index (χ2v) is 10.3. The normalized spacial score (nSPS) is 18.6. The molecule has 3 aromatic rings. The Kier molecular flexibility index (Phi) is 7.27. The third-order valence-corrected chi connectivity index (χ3v) is 7.23. The third-order valence-electron chi connectivity index (χ3n) is 7.23.